The number of anilines is 1. The van der Waals surface area contributed by atoms with Crippen molar-refractivity contribution in [2.24, 2.45) is 11.8 Å². The van der Waals surface area contributed by atoms with E-state index in [-0.39, 0.29) is 17.7 Å². The lowest BCUT2D eigenvalue weighted by molar-refractivity contribution is -0.126. The molecule has 2 saturated heterocycles. The van der Waals surface area contributed by atoms with E-state index in [0.29, 0.717) is 30.7 Å². The molecule has 4 rings (SSSR count). The zero-order valence-electron chi connectivity index (χ0n) is 15.2. The molecule has 4 atom stereocenters. The normalized spacial score (nSPS) is 27.7. The van der Waals surface area contributed by atoms with E-state index in [1.165, 1.54) is 0 Å². The third-order valence-corrected chi connectivity index (χ3v) is 5.62. The van der Waals surface area contributed by atoms with Crippen molar-refractivity contribution in [1.82, 2.24) is 15.6 Å². The number of nitriles is 1. The largest absolute Gasteiger partial charge is 0.370 e. The molecule has 2 aliphatic rings. The Labute approximate surface area is 157 Å². The highest BCUT2D eigenvalue weighted by atomic mass is 19.1. The Balaban J connectivity index is 1.56. The molecular weight excluding hydrogens is 345 g/mol. The molecular formula is C20H22FN5O. The molecule has 0 saturated carbocycles. The van der Waals surface area contributed by atoms with Crippen molar-refractivity contribution < 1.29 is 9.18 Å². The Morgan fingerprint density at radius 2 is 2.22 bits per heavy atom. The zero-order valence-corrected chi connectivity index (χ0v) is 15.2. The van der Waals surface area contributed by atoms with E-state index in [4.69, 9.17) is 0 Å². The minimum Gasteiger partial charge on any atom is -0.370 e. The molecule has 0 unspecified atom stereocenters. The van der Waals surface area contributed by atoms with Crippen LogP contribution in [0.5, 0.6) is 0 Å². The summed E-state index contributed by atoms with van der Waals surface area (Å²) < 4.78 is 13.8. The minimum absolute atomic E-state index is 0.0857. The van der Waals surface area contributed by atoms with Crippen molar-refractivity contribution in [3.8, 4) is 6.07 Å². The van der Waals surface area contributed by atoms with Crippen LogP contribution in [0.4, 0.5) is 10.1 Å². The highest BCUT2D eigenvalue weighted by Crippen LogP contribution is 2.34. The number of alkyl halides is 1. The fraction of sp³-hybridized carbons (Fsp3) is 0.450. The van der Waals surface area contributed by atoms with E-state index in [2.05, 4.69) is 26.6 Å². The molecule has 2 N–H and O–H groups in total. The van der Waals surface area contributed by atoms with Gasteiger partial charge in [-0.2, -0.15) is 5.26 Å². The molecule has 3 heterocycles. The summed E-state index contributed by atoms with van der Waals surface area (Å²) in [5, 5.41) is 16.1. The number of rotatable bonds is 3. The number of benzene rings is 1. The predicted molar refractivity (Wildman–Crippen MR) is 101 cm³/mol. The molecule has 0 bridgehead atoms. The maximum atomic E-state index is 13.8. The van der Waals surface area contributed by atoms with Gasteiger partial charge in [0, 0.05) is 43.4 Å². The summed E-state index contributed by atoms with van der Waals surface area (Å²) >= 11 is 0. The summed E-state index contributed by atoms with van der Waals surface area (Å²) in [5.41, 5.74) is 2.19. The van der Waals surface area contributed by atoms with Gasteiger partial charge in [-0.05, 0) is 30.2 Å². The van der Waals surface area contributed by atoms with Gasteiger partial charge in [0.05, 0.1) is 23.0 Å². The van der Waals surface area contributed by atoms with E-state index in [0.717, 1.165) is 17.6 Å². The highest BCUT2D eigenvalue weighted by Gasteiger charge is 2.38. The van der Waals surface area contributed by atoms with Gasteiger partial charge in [0.25, 0.3) is 0 Å². The van der Waals surface area contributed by atoms with Crippen LogP contribution in [0.1, 0.15) is 12.5 Å². The van der Waals surface area contributed by atoms with Crippen molar-refractivity contribution in [2.45, 2.75) is 19.1 Å². The highest BCUT2D eigenvalue weighted by molar-refractivity contribution is 5.95. The van der Waals surface area contributed by atoms with Gasteiger partial charge in [0.1, 0.15) is 12.2 Å². The molecule has 1 aromatic heterocycles. The number of halogens is 1. The Kier molecular flexibility index (Phi) is 4.66. The predicted octanol–water partition coefficient (Wildman–Crippen LogP) is 1.60. The lowest BCUT2D eigenvalue weighted by atomic mass is 9.97. The second-order valence-electron chi connectivity index (χ2n) is 7.42. The molecule has 140 valence electrons. The third kappa shape index (κ3) is 3.21. The first-order chi connectivity index (χ1) is 13.1. The maximum absolute atomic E-state index is 13.8. The van der Waals surface area contributed by atoms with Crippen LogP contribution in [0, 0.1) is 23.2 Å². The average molecular weight is 367 g/mol. The number of aromatic nitrogens is 1. The van der Waals surface area contributed by atoms with Crippen molar-refractivity contribution in [3.63, 3.8) is 0 Å². The Bertz CT molecular complexity index is 911. The summed E-state index contributed by atoms with van der Waals surface area (Å²) in [4.78, 5) is 19.2. The number of hydrogen-bond acceptors (Lipinski definition) is 5. The number of hydrogen-bond donors (Lipinski definition) is 2. The van der Waals surface area contributed by atoms with Gasteiger partial charge >= 0.3 is 0 Å². The topological polar surface area (TPSA) is 81.0 Å². The first kappa shape index (κ1) is 17.7. The number of carbonyl (C=O) groups is 1. The molecule has 0 spiro atoms. The number of nitrogens with zero attached hydrogens (tertiary/aromatic N) is 3. The summed E-state index contributed by atoms with van der Waals surface area (Å²) in [7, 11) is 0. The van der Waals surface area contributed by atoms with Crippen LogP contribution >= 0.6 is 0 Å². The van der Waals surface area contributed by atoms with Gasteiger partial charge in [-0.1, -0.05) is 6.92 Å². The molecule has 1 amide bonds. The number of nitrogens with one attached hydrogen (secondary N) is 2. The summed E-state index contributed by atoms with van der Waals surface area (Å²) in [6, 6.07) is 9.24. The van der Waals surface area contributed by atoms with Crippen LogP contribution in [-0.2, 0) is 4.79 Å². The summed E-state index contributed by atoms with van der Waals surface area (Å²) in [5.74, 6) is -0.127. The molecule has 7 heteroatoms. The lowest BCUT2D eigenvalue weighted by Crippen LogP contribution is -2.45. The lowest BCUT2D eigenvalue weighted by Gasteiger charge is -2.21. The van der Waals surface area contributed by atoms with Crippen LogP contribution in [0.3, 0.4) is 0 Å². The molecule has 6 nitrogen and oxygen atoms in total. The SMILES string of the molecule is C[C@@H]1CN(c2ccc(C#N)c3ncccc23)C[C@H]1C(=O)N[C@H]1CNC[C@H]1F. The molecule has 2 fully saturated rings. The Morgan fingerprint density at radius 3 is 2.96 bits per heavy atom. The van der Waals surface area contributed by atoms with E-state index in [9.17, 15) is 14.4 Å². The molecule has 27 heavy (non-hydrogen) atoms. The second-order valence-corrected chi connectivity index (χ2v) is 7.42. The fourth-order valence-electron chi connectivity index (χ4n) is 4.11. The van der Waals surface area contributed by atoms with Gasteiger partial charge in [0.15, 0.2) is 0 Å². The van der Waals surface area contributed by atoms with Gasteiger partial charge in [-0.25, -0.2) is 4.39 Å². The van der Waals surface area contributed by atoms with Crippen molar-refractivity contribution >= 4 is 22.5 Å². The van der Waals surface area contributed by atoms with Crippen molar-refractivity contribution in [3.05, 3.63) is 36.0 Å². The van der Waals surface area contributed by atoms with Gasteiger partial charge in [0.2, 0.25) is 5.91 Å². The van der Waals surface area contributed by atoms with Crippen LogP contribution in [-0.4, -0.2) is 49.3 Å². The first-order valence-corrected chi connectivity index (χ1v) is 9.26. The molecule has 2 aromatic rings. The number of fused-ring (bicyclic) bond motifs is 1. The van der Waals surface area contributed by atoms with Gasteiger partial charge in [-0.3, -0.25) is 9.78 Å². The van der Waals surface area contributed by atoms with Gasteiger partial charge in [-0.15, -0.1) is 0 Å². The van der Waals surface area contributed by atoms with Gasteiger partial charge < -0.3 is 15.5 Å². The summed E-state index contributed by atoms with van der Waals surface area (Å²) in [6.45, 7) is 4.12. The standard InChI is InChI=1S/C20H22FN5O/c1-12-10-26(11-15(12)20(27)25-17-9-23-8-16(17)21)18-5-4-13(7-22)19-14(18)3-2-6-24-19/h2-6,12,15-17,23H,8-11H2,1H3,(H,25,27)/t12-,15-,16-,17+/m1/s1. The van der Waals surface area contributed by atoms with E-state index >= 15 is 0 Å². The number of carbonyl (C=O) groups excluding carboxylic acids is 1. The summed E-state index contributed by atoms with van der Waals surface area (Å²) in [6.07, 6.45) is 0.647. The average Bonchev–Trinajstić information content (AvgIpc) is 3.26. The van der Waals surface area contributed by atoms with Crippen LogP contribution < -0.4 is 15.5 Å². The van der Waals surface area contributed by atoms with Crippen molar-refractivity contribution in [1.29, 1.82) is 5.26 Å². The third-order valence-electron chi connectivity index (χ3n) is 5.62. The van der Waals surface area contributed by atoms with Crippen LogP contribution in [0.15, 0.2) is 30.5 Å². The van der Waals surface area contributed by atoms with Crippen LogP contribution in [0.2, 0.25) is 0 Å². The quantitative estimate of drug-likeness (QED) is 0.861. The Morgan fingerprint density at radius 1 is 1.37 bits per heavy atom. The van der Waals surface area contributed by atoms with E-state index in [1.54, 1.807) is 12.3 Å². The Hall–Kier alpha value is -2.72. The number of amides is 1. The molecule has 0 aliphatic carbocycles. The van der Waals surface area contributed by atoms with E-state index < -0.39 is 12.2 Å². The van der Waals surface area contributed by atoms with Crippen molar-refractivity contribution in [2.75, 3.05) is 31.1 Å². The first-order valence-electron chi connectivity index (χ1n) is 9.26. The molecule has 0 radical (unpaired) electrons. The van der Waals surface area contributed by atoms with E-state index in [1.807, 2.05) is 25.1 Å². The maximum Gasteiger partial charge on any atom is 0.225 e. The minimum atomic E-state index is -1.03. The molecule has 2 aliphatic heterocycles. The monoisotopic (exact) mass is 367 g/mol. The number of pyridine rings is 1. The van der Waals surface area contributed by atoms with Crippen LogP contribution in [0.25, 0.3) is 10.9 Å². The fourth-order valence-corrected chi connectivity index (χ4v) is 4.11. The molecule has 1 aromatic carbocycles. The smallest absolute Gasteiger partial charge is 0.225 e. The zero-order chi connectivity index (χ0) is 19.0. The second kappa shape index (κ2) is 7.12.